The second-order valence-corrected chi connectivity index (χ2v) is 8.05. The number of amides is 1. The Kier molecular flexibility index (Phi) is 12.3. The van der Waals surface area contributed by atoms with Crippen molar-refractivity contribution in [3.63, 3.8) is 0 Å². The van der Waals surface area contributed by atoms with Crippen LogP contribution in [0.1, 0.15) is 28.8 Å². The van der Waals surface area contributed by atoms with E-state index >= 15 is 0 Å². The number of aryl methyl sites for hydroxylation is 1. The second-order valence-electron chi connectivity index (χ2n) is 6.35. The number of hydrogen-bond acceptors (Lipinski definition) is 6. The van der Waals surface area contributed by atoms with Crippen molar-refractivity contribution in [3.8, 4) is 0 Å². The third kappa shape index (κ3) is 12.4. The van der Waals surface area contributed by atoms with Crippen LogP contribution in [0.3, 0.4) is 0 Å². The lowest BCUT2D eigenvalue weighted by Crippen LogP contribution is -2.34. The molecule has 2 aromatic rings. The van der Waals surface area contributed by atoms with Gasteiger partial charge in [-0.2, -0.15) is 0 Å². The fraction of sp³-hybridized carbons (Fsp3) is 0.368. The van der Waals surface area contributed by atoms with Crippen LogP contribution in [-0.4, -0.2) is 46.6 Å². The highest BCUT2D eigenvalue weighted by atomic mass is 35.5. The number of carboxylic acid groups (broad SMARTS) is 1. The van der Waals surface area contributed by atoms with Gasteiger partial charge in [-0.05, 0) is 18.9 Å². The first-order valence-corrected chi connectivity index (χ1v) is 10.7. The van der Waals surface area contributed by atoms with Gasteiger partial charge in [0.15, 0.2) is 9.50 Å². The Morgan fingerprint density at radius 2 is 1.94 bits per heavy atom. The molecule has 0 aliphatic carbocycles. The van der Waals surface area contributed by atoms with E-state index in [2.05, 4.69) is 26.0 Å². The van der Waals surface area contributed by atoms with Crippen LogP contribution in [0.15, 0.2) is 35.6 Å². The van der Waals surface area contributed by atoms with Crippen LogP contribution in [0.5, 0.6) is 0 Å². The molecule has 0 bridgehead atoms. The summed E-state index contributed by atoms with van der Waals surface area (Å²) in [6, 6.07) is 8.11. The highest BCUT2D eigenvalue weighted by Crippen LogP contribution is 2.17. The van der Waals surface area contributed by atoms with Crippen LogP contribution in [0.4, 0.5) is 0 Å². The zero-order chi connectivity index (χ0) is 23.9. The number of nitrogens with one attached hydrogen (secondary N) is 3. The summed E-state index contributed by atoms with van der Waals surface area (Å²) in [5, 5.41) is 28.8. The molecule has 32 heavy (non-hydrogen) atoms. The number of nitro groups is 1. The van der Waals surface area contributed by atoms with E-state index in [0.717, 1.165) is 16.9 Å². The minimum absolute atomic E-state index is 0.0449. The van der Waals surface area contributed by atoms with Gasteiger partial charge in [0.25, 0.3) is 5.96 Å². The molecule has 1 aromatic heterocycles. The first-order valence-electron chi connectivity index (χ1n) is 9.48. The maximum absolute atomic E-state index is 11.2. The molecule has 0 saturated heterocycles. The third-order valence-corrected chi connectivity index (χ3v) is 4.91. The summed E-state index contributed by atoms with van der Waals surface area (Å²) in [5.74, 6) is -1.07. The van der Waals surface area contributed by atoms with Crippen molar-refractivity contribution in [2.75, 3.05) is 13.6 Å². The minimum Gasteiger partial charge on any atom is -0.481 e. The zero-order valence-corrected chi connectivity index (χ0v) is 19.2. The smallest absolute Gasteiger partial charge is 0.303 e. The SMILES string of the molecule is CN/C(=N\[N+](=O)[O-])NCc1cnc(Cl)s1.Cc1ccc(CCNC(=O)CCC(=O)O)cc1. The number of rotatable bonds is 9. The number of aliphatic carboxylic acids is 1. The average Bonchev–Trinajstić information content (AvgIpc) is 3.16. The quantitative estimate of drug-likeness (QED) is 0.182. The number of aromatic nitrogens is 1. The van der Waals surface area contributed by atoms with Crippen LogP contribution in [0, 0.1) is 17.0 Å². The second kappa shape index (κ2) is 14.7. The van der Waals surface area contributed by atoms with E-state index in [9.17, 15) is 19.7 Å². The number of carboxylic acids is 1. The number of hydrogen-bond donors (Lipinski definition) is 4. The van der Waals surface area contributed by atoms with E-state index in [1.54, 1.807) is 6.20 Å². The van der Waals surface area contributed by atoms with Gasteiger partial charge < -0.3 is 21.1 Å². The monoisotopic (exact) mass is 484 g/mol. The predicted molar refractivity (Wildman–Crippen MR) is 122 cm³/mol. The zero-order valence-electron chi connectivity index (χ0n) is 17.6. The number of carbonyl (C=O) groups excluding carboxylic acids is 1. The van der Waals surface area contributed by atoms with Crippen molar-refractivity contribution < 1.29 is 19.7 Å². The number of guanidine groups is 1. The van der Waals surface area contributed by atoms with Crippen LogP contribution in [-0.2, 0) is 22.6 Å². The maximum Gasteiger partial charge on any atom is 0.303 e. The van der Waals surface area contributed by atoms with E-state index in [-0.39, 0.29) is 24.7 Å². The summed E-state index contributed by atoms with van der Waals surface area (Å²) in [5.41, 5.74) is 2.37. The van der Waals surface area contributed by atoms with E-state index in [1.807, 2.05) is 31.2 Å². The highest BCUT2D eigenvalue weighted by molar-refractivity contribution is 7.15. The maximum atomic E-state index is 11.2. The molecule has 4 N–H and O–H groups in total. The first kappa shape index (κ1) is 26.8. The molecular formula is C19H25ClN6O5S. The fourth-order valence-corrected chi connectivity index (χ4v) is 3.12. The van der Waals surface area contributed by atoms with Crippen LogP contribution in [0.25, 0.3) is 0 Å². The van der Waals surface area contributed by atoms with Gasteiger partial charge in [-0.15, -0.1) is 11.3 Å². The molecule has 1 heterocycles. The molecular weight excluding hydrogens is 460 g/mol. The van der Waals surface area contributed by atoms with Crippen molar-refractivity contribution in [2.45, 2.75) is 32.7 Å². The summed E-state index contributed by atoms with van der Waals surface area (Å²) >= 11 is 6.92. The number of carbonyl (C=O) groups is 2. The third-order valence-electron chi connectivity index (χ3n) is 3.80. The molecule has 0 radical (unpaired) electrons. The summed E-state index contributed by atoms with van der Waals surface area (Å²) in [6.45, 7) is 2.96. The lowest BCUT2D eigenvalue weighted by atomic mass is 10.1. The molecule has 174 valence electrons. The largest absolute Gasteiger partial charge is 0.481 e. The predicted octanol–water partition coefficient (Wildman–Crippen LogP) is 2.17. The number of halogens is 1. The standard InChI is InChI=1S/C13H17NO3.C6H8ClN5O2S/c1-10-2-4-11(5-3-10)8-9-14-12(15)6-7-13(16)17;1-8-6(11-12(13)14)10-3-4-2-9-5(7)15-4/h2-5H,6-9H2,1H3,(H,14,15)(H,16,17);2H,3H2,1H3,(H2,8,10,11). The van der Waals surface area contributed by atoms with E-state index in [0.29, 0.717) is 17.6 Å². The number of hydrazone groups is 1. The molecule has 0 saturated carbocycles. The van der Waals surface area contributed by atoms with Crippen molar-refractivity contribution in [3.05, 3.63) is 61.0 Å². The van der Waals surface area contributed by atoms with Gasteiger partial charge in [0, 0.05) is 31.1 Å². The first-order chi connectivity index (χ1) is 15.2. The molecule has 0 spiro atoms. The Morgan fingerprint density at radius 3 is 2.47 bits per heavy atom. The van der Waals surface area contributed by atoms with Crippen LogP contribution >= 0.6 is 22.9 Å². The van der Waals surface area contributed by atoms with Crippen molar-refractivity contribution >= 4 is 40.8 Å². The van der Waals surface area contributed by atoms with Crippen molar-refractivity contribution in [1.29, 1.82) is 0 Å². The van der Waals surface area contributed by atoms with E-state index in [4.69, 9.17) is 16.7 Å². The van der Waals surface area contributed by atoms with Gasteiger partial charge in [0.05, 0.1) is 13.0 Å². The molecule has 1 amide bonds. The molecule has 11 nitrogen and oxygen atoms in total. The minimum atomic E-state index is -0.946. The molecule has 1 aromatic carbocycles. The van der Waals surface area contributed by atoms with Crippen LogP contribution < -0.4 is 16.0 Å². The van der Waals surface area contributed by atoms with Gasteiger partial charge in [0.1, 0.15) is 5.10 Å². The number of thiazole rings is 1. The Bertz CT molecular complexity index is 919. The Labute approximate surface area is 194 Å². The molecule has 0 unspecified atom stereocenters. The summed E-state index contributed by atoms with van der Waals surface area (Å²) < 4.78 is 0.434. The molecule has 0 aliphatic rings. The van der Waals surface area contributed by atoms with Gasteiger partial charge in [0.2, 0.25) is 5.91 Å². The van der Waals surface area contributed by atoms with Crippen LogP contribution in [0.2, 0.25) is 4.47 Å². The molecule has 0 aliphatic heterocycles. The topological polar surface area (TPSA) is 159 Å². The van der Waals surface area contributed by atoms with E-state index < -0.39 is 11.0 Å². The Hall–Kier alpha value is -3.25. The summed E-state index contributed by atoms with van der Waals surface area (Å²) in [4.78, 5) is 36.3. The van der Waals surface area contributed by atoms with E-state index in [1.165, 1.54) is 23.9 Å². The molecule has 0 atom stereocenters. The average molecular weight is 485 g/mol. The lowest BCUT2D eigenvalue weighted by molar-refractivity contribution is -0.485. The highest BCUT2D eigenvalue weighted by Gasteiger charge is 2.05. The molecule has 2 rings (SSSR count). The lowest BCUT2D eigenvalue weighted by Gasteiger charge is -2.04. The number of nitrogens with zero attached hydrogens (tertiary/aromatic N) is 3. The van der Waals surface area contributed by atoms with Crippen molar-refractivity contribution in [1.82, 2.24) is 20.9 Å². The molecule has 0 fully saturated rings. The number of benzene rings is 1. The Balaban J connectivity index is 0.000000323. The van der Waals surface area contributed by atoms with Gasteiger partial charge in [-0.3, -0.25) is 9.59 Å². The normalized spacial score (nSPS) is 10.5. The fourth-order valence-electron chi connectivity index (χ4n) is 2.20. The summed E-state index contributed by atoms with van der Waals surface area (Å²) in [7, 11) is 1.54. The van der Waals surface area contributed by atoms with Gasteiger partial charge in [-0.25, -0.2) is 15.1 Å². The summed E-state index contributed by atoms with van der Waals surface area (Å²) in [6.07, 6.45) is 2.29. The van der Waals surface area contributed by atoms with Gasteiger partial charge in [-0.1, -0.05) is 41.4 Å². The van der Waals surface area contributed by atoms with Crippen molar-refractivity contribution in [2.24, 2.45) is 5.10 Å². The Morgan fingerprint density at radius 1 is 1.25 bits per heavy atom. The van der Waals surface area contributed by atoms with Gasteiger partial charge >= 0.3 is 5.97 Å². The molecule has 13 heteroatoms.